The first-order valence-corrected chi connectivity index (χ1v) is 8.32. The molecule has 0 aliphatic rings. The molecule has 0 saturated heterocycles. The van der Waals surface area contributed by atoms with Gasteiger partial charge in [-0.05, 0) is 30.3 Å². The second-order valence-electron chi connectivity index (χ2n) is 5.30. The van der Waals surface area contributed by atoms with Gasteiger partial charge in [-0.25, -0.2) is 0 Å². The molecule has 1 N–H and O–H groups in total. The van der Waals surface area contributed by atoms with Crippen molar-refractivity contribution in [1.29, 1.82) is 0 Å². The number of benzene rings is 1. The van der Waals surface area contributed by atoms with Crippen molar-refractivity contribution in [3.05, 3.63) is 54.4 Å². The molecule has 1 amide bonds. The van der Waals surface area contributed by atoms with Crippen LogP contribution in [0.15, 0.2) is 58.1 Å². The highest BCUT2D eigenvalue weighted by molar-refractivity contribution is 7.99. The summed E-state index contributed by atoms with van der Waals surface area (Å²) >= 11 is 1.70. The number of nitrogens with one attached hydrogen (secondary N) is 1. The van der Waals surface area contributed by atoms with Crippen LogP contribution in [0.1, 0.15) is 24.2 Å². The molecule has 122 valence electrons. The summed E-state index contributed by atoms with van der Waals surface area (Å²) in [5, 5.41) is 10.9. The lowest BCUT2D eigenvalue weighted by Gasteiger charge is -2.06. The van der Waals surface area contributed by atoms with Crippen LogP contribution in [0, 0.1) is 0 Å². The van der Waals surface area contributed by atoms with E-state index in [2.05, 4.69) is 34.3 Å². The Hall–Kier alpha value is -2.67. The molecule has 0 bridgehead atoms. The van der Waals surface area contributed by atoms with E-state index in [4.69, 9.17) is 4.42 Å². The van der Waals surface area contributed by atoms with Crippen LogP contribution in [-0.4, -0.2) is 26.3 Å². The number of rotatable bonds is 5. The number of anilines is 1. The minimum atomic E-state index is -0.286. The Bertz CT molecular complexity index is 833. The lowest BCUT2D eigenvalue weighted by molar-refractivity contribution is 0.102. The van der Waals surface area contributed by atoms with Gasteiger partial charge in [0.25, 0.3) is 5.91 Å². The fraction of sp³-hybridized carbons (Fsp3) is 0.176. The molecule has 0 radical (unpaired) electrons. The van der Waals surface area contributed by atoms with Crippen LogP contribution in [-0.2, 0) is 0 Å². The number of hydrogen-bond acceptors (Lipinski definition) is 6. The van der Waals surface area contributed by atoms with Crippen molar-refractivity contribution in [3.63, 3.8) is 0 Å². The summed E-state index contributed by atoms with van der Waals surface area (Å²) in [6.45, 7) is 4.22. The van der Waals surface area contributed by atoms with Crippen molar-refractivity contribution in [2.75, 3.05) is 5.32 Å². The van der Waals surface area contributed by atoms with Crippen molar-refractivity contribution in [2.45, 2.75) is 24.0 Å². The number of aromatic nitrogens is 3. The summed E-state index contributed by atoms with van der Waals surface area (Å²) in [6.07, 6.45) is 3.27. The topological polar surface area (TPSA) is 80.9 Å². The van der Waals surface area contributed by atoms with Crippen LogP contribution in [0.4, 0.5) is 6.01 Å². The second kappa shape index (κ2) is 7.27. The van der Waals surface area contributed by atoms with Crippen molar-refractivity contribution >= 4 is 23.7 Å². The highest BCUT2D eigenvalue weighted by Gasteiger charge is 2.13. The molecule has 6 nitrogen and oxygen atoms in total. The Kier molecular flexibility index (Phi) is 4.90. The maximum Gasteiger partial charge on any atom is 0.322 e. The van der Waals surface area contributed by atoms with Crippen molar-refractivity contribution < 1.29 is 9.21 Å². The van der Waals surface area contributed by atoms with Gasteiger partial charge in [0.15, 0.2) is 0 Å². The van der Waals surface area contributed by atoms with Crippen LogP contribution >= 0.6 is 11.8 Å². The first-order valence-electron chi connectivity index (χ1n) is 7.44. The number of carbonyl (C=O) groups excluding carboxylic acids is 1. The predicted molar refractivity (Wildman–Crippen MR) is 92.9 cm³/mol. The summed E-state index contributed by atoms with van der Waals surface area (Å²) in [7, 11) is 0. The van der Waals surface area contributed by atoms with Crippen molar-refractivity contribution in [3.8, 4) is 11.5 Å². The monoisotopic (exact) mass is 340 g/mol. The molecule has 24 heavy (non-hydrogen) atoms. The Labute approximate surface area is 143 Å². The summed E-state index contributed by atoms with van der Waals surface area (Å²) in [6, 6.07) is 11.0. The molecule has 1 aromatic carbocycles. The highest BCUT2D eigenvalue weighted by atomic mass is 32.2. The van der Waals surface area contributed by atoms with Gasteiger partial charge in [0, 0.05) is 33.7 Å². The van der Waals surface area contributed by atoms with Crippen molar-refractivity contribution in [2.24, 2.45) is 0 Å². The van der Waals surface area contributed by atoms with Crippen LogP contribution in [0.5, 0.6) is 0 Å². The lowest BCUT2D eigenvalue weighted by atomic mass is 10.2. The molecule has 0 aliphatic carbocycles. The smallest absolute Gasteiger partial charge is 0.322 e. The minimum Gasteiger partial charge on any atom is -0.403 e. The number of pyridine rings is 1. The van der Waals surface area contributed by atoms with Crippen LogP contribution in [0.3, 0.4) is 0 Å². The molecule has 0 unspecified atom stereocenters. The summed E-state index contributed by atoms with van der Waals surface area (Å²) in [4.78, 5) is 17.3. The zero-order valence-electron chi connectivity index (χ0n) is 13.3. The SMILES string of the molecule is CC(C)Sc1cccc(C(=O)Nc2nnc(-c3ccncc3)o2)c1. The van der Waals surface area contributed by atoms with E-state index in [9.17, 15) is 4.79 Å². The van der Waals surface area contributed by atoms with Gasteiger partial charge in [0.05, 0.1) is 0 Å². The molecule has 0 spiro atoms. The average molecular weight is 340 g/mol. The normalized spacial score (nSPS) is 10.8. The van der Waals surface area contributed by atoms with Gasteiger partial charge in [-0.3, -0.25) is 15.1 Å². The van der Waals surface area contributed by atoms with Crippen LogP contribution in [0.25, 0.3) is 11.5 Å². The molecule has 3 aromatic rings. The second-order valence-corrected chi connectivity index (χ2v) is 6.95. The third-order valence-electron chi connectivity index (χ3n) is 3.04. The average Bonchev–Trinajstić information content (AvgIpc) is 3.04. The standard InChI is InChI=1S/C17H16N4O2S/c1-11(2)24-14-5-3-4-13(10-14)15(22)19-17-21-20-16(23-17)12-6-8-18-9-7-12/h3-11H,1-2H3,(H,19,21,22). The predicted octanol–water partition coefficient (Wildman–Crippen LogP) is 3.88. The van der Waals surface area contributed by atoms with Gasteiger partial charge in [-0.15, -0.1) is 16.9 Å². The number of thioether (sulfide) groups is 1. The van der Waals surface area contributed by atoms with E-state index in [1.807, 2.05) is 18.2 Å². The molecule has 3 rings (SSSR count). The van der Waals surface area contributed by atoms with Gasteiger partial charge in [0.1, 0.15) is 0 Å². The molecular formula is C17H16N4O2S. The van der Waals surface area contributed by atoms with Crippen molar-refractivity contribution in [1.82, 2.24) is 15.2 Å². The third-order valence-corrected chi connectivity index (χ3v) is 4.04. The molecule has 0 aliphatic heterocycles. The van der Waals surface area contributed by atoms with E-state index in [0.29, 0.717) is 16.7 Å². The third kappa shape index (κ3) is 3.99. The molecule has 2 aromatic heterocycles. The molecule has 0 fully saturated rings. The van der Waals surface area contributed by atoms with E-state index in [1.54, 1.807) is 42.4 Å². The molecular weight excluding hydrogens is 324 g/mol. The van der Waals surface area contributed by atoms with Gasteiger partial charge in [0.2, 0.25) is 5.89 Å². The summed E-state index contributed by atoms with van der Waals surface area (Å²) in [5.41, 5.74) is 1.29. The van der Waals surface area contributed by atoms with Gasteiger partial charge >= 0.3 is 6.01 Å². The van der Waals surface area contributed by atoms with Gasteiger partial charge in [-0.1, -0.05) is 25.0 Å². The quantitative estimate of drug-likeness (QED) is 0.710. The summed E-state index contributed by atoms with van der Waals surface area (Å²) in [5.74, 6) is 0.0444. The Morgan fingerprint density at radius 1 is 1.17 bits per heavy atom. The van der Waals surface area contributed by atoms with E-state index < -0.39 is 0 Å². The first kappa shape index (κ1) is 16.2. The maximum absolute atomic E-state index is 12.3. The van der Waals surface area contributed by atoms with E-state index in [1.165, 1.54) is 0 Å². The van der Waals surface area contributed by atoms with Gasteiger partial charge < -0.3 is 4.42 Å². The fourth-order valence-electron chi connectivity index (χ4n) is 2.04. The Morgan fingerprint density at radius 2 is 1.96 bits per heavy atom. The largest absolute Gasteiger partial charge is 0.403 e. The zero-order chi connectivity index (χ0) is 16.9. The fourth-order valence-corrected chi connectivity index (χ4v) is 2.93. The maximum atomic E-state index is 12.3. The number of carbonyl (C=O) groups is 1. The Morgan fingerprint density at radius 3 is 2.71 bits per heavy atom. The Balaban J connectivity index is 1.72. The van der Waals surface area contributed by atoms with E-state index >= 15 is 0 Å². The van der Waals surface area contributed by atoms with Crippen LogP contribution < -0.4 is 5.32 Å². The molecule has 0 atom stereocenters. The number of hydrogen-bond donors (Lipinski definition) is 1. The van der Waals surface area contributed by atoms with Gasteiger partial charge in [-0.2, -0.15) is 0 Å². The zero-order valence-corrected chi connectivity index (χ0v) is 14.1. The molecule has 7 heteroatoms. The lowest BCUT2D eigenvalue weighted by Crippen LogP contribution is -2.12. The van der Waals surface area contributed by atoms with Crippen LogP contribution in [0.2, 0.25) is 0 Å². The molecule has 0 saturated carbocycles. The highest BCUT2D eigenvalue weighted by Crippen LogP contribution is 2.24. The molecule has 2 heterocycles. The number of amides is 1. The summed E-state index contributed by atoms with van der Waals surface area (Å²) < 4.78 is 5.47. The minimum absolute atomic E-state index is 0.0636. The number of nitrogens with zero attached hydrogens (tertiary/aromatic N) is 3. The first-order chi connectivity index (χ1) is 11.6. The van der Waals surface area contributed by atoms with E-state index in [-0.39, 0.29) is 11.9 Å². The van der Waals surface area contributed by atoms with E-state index in [0.717, 1.165) is 10.5 Å².